The third-order valence-electron chi connectivity index (χ3n) is 3.96. The van der Waals surface area contributed by atoms with E-state index in [4.69, 9.17) is 5.84 Å². The van der Waals surface area contributed by atoms with Crippen LogP contribution in [0, 0.1) is 5.92 Å². The van der Waals surface area contributed by atoms with Crippen molar-refractivity contribution in [3.05, 3.63) is 48.3 Å². The molecule has 2 rings (SSSR count). The van der Waals surface area contributed by atoms with Gasteiger partial charge in [-0.05, 0) is 37.0 Å². The Bertz CT molecular complexity index is 515. The van der Waals surface area contributed by atoms with Crippen LogP contribution in [0.25, 0.3) is 5.69 Å². The summed E-state index contributed by atoms with van der Waals surface area (Å²) >= 11 is 0. The summed E-state index contributed by atoms with van der Waals surface area (Å²) in [5.74, 6) is 6.41. The maximum atomic E-state index is 5.88. The van der Waals surface area contributed by atoms with Crippen molar-refractivity contribution in [2.24, 2.45) is 11.8 Å². The van der Waals surface area contributed by atoms with Gasteiger partial charge >= 0.3 is 0 Å². The van der Waals surface area contributed by atoms with Crippen molar-refractivity contribution in [2.45, 2.75) is 45.6 Å². The van der Waals surface area contributed by atoms with Gasteiger partial charge in [0.1, 0.15) is 0 Å². The predicted molar refractivity (Wildman–Crippen MR) is 86.9 cm³/mol. The highest BCUT2D eigenvalue weighted by atomic mass is 15.3. The Balaban J connectivity index is 2.32. The molecule has 4 heteroatoms. The maximum Gasteiger partial charge on any atom is 0.0661 e. The molecule has 0 amide bonds. The Kier molecular flexibility index (Phi) is 5.96. The van der Waals surface area contributed by atoms with Gasteiger partial charge in [-0.25, -0.2) is 4.68 Å². The summed E-state index contributed by atoms with van der Waals surface area (Å²) in [6.45, 7) is 4.45. The molecule has 0 fully saturated rings. The van der Waals surface area contributed by atoms with Gasteiger partial charge in [-0.15, -0.1) is 0 Å². The normalized spacial score (nSPS) is 12.8. The van der Waals surface area contributed by atoms with Crippen molar-refractivity contribution in [1.29, 1.82) is 0 Å². The highest BCUT2D eigenvalue weighted by Crippen LogP contribution is 2.30. The van der Waals surface area contributed by atoms with Crippen LogP contribution < -0.4 is 11.3 Å². The Hall–Kier alpha value is -1.65. The third-order valence-corrected chi connectivity index (χ3v) is 3.96. The van der Waals surface area contributed by atoms with E-state index in [1.165, 1.54) is 25.7 Å². The lowest BCUT2D eigenvalue weighted by atomic mass is 9.89. The summed E-state index contributed by atoms with van der Waals surface area (Å²) in [7, 11) is 0. The van der Waals surface area contributed by atoms with Crippen LogP contribution in [0.15, 0.2) is 42.6 Å². The summed E-state index contributed by atoms with van der Waals surface area (Å²) in [6, 6.07) is 12.4. The molecule has 3 N–H and O–H groups in total. The highest BCUT2D eigenvalue weighted by Gasteiger charge is 2.24. The summed E-state index contributed by atoms with van der Waals surface area (Å²) in [4.78, 5) is 0. The molecule has 0 saturated heterocycles. The molecule has 1 aromatic carbocycles. The number of hydrogen-bond acceptors (Lipinski definition) is 3. The van der Waals surface area contributed by atoms with Crippen LogP contribution in [0.2, 0.25) is 0 Å². The summed E-state index contributed by atoms with van der Waals surface area (Å²) < 4.78 is 1.99. The summed E-state index contributed by atoms with van der Waals surface area (Å²) in [5.41, 5.74) is 5.23. The molecule has 0 aliphatic rings. The minimum Gasteiger partial charge on any atom is -0.271 e. The van der Waals surface area contributed by atoms with E-state index in [1.54, 1.807) is 0 Å². The van der Waals surface area contributed by atoms with Gasteiger partial charge in [0.05, 0.1) is 17.4 Å². The number of para-hydroxylation sites is 1. The van der Waals surface area contributed by atoms with E-state index < -0.39 is 0 Å². The second-order valence-electron chi connectivity index (χ2n) is 5.49. The van der Waals surface area contributed by atoms with Crippen molar-refractivity contribution in [2.75, 3.05) is 0 Å². The number of nitrogens with one attached hydrogen (secondary N) is 1. The molecular weight excluding hydrogens is 260 g/mol. The molecule has 0 saturated carbocycles. The molecular formula is C17H26N4. The molecule has 0 bridgehead atoms. The Morgan fingerprint density at radius 1 is 1.10 bits per heavy atom. The second-order valence-corrected chi connectivity index (χ2v) is 5.49. The number of hydrazine groups is 1. The zero-order valence-electron chi connectivity index (χ0n) is 13.0. The fraction of sp³-hybridized carbons (Fsp3) is 0.471. The number of rotatable bonds is 8. The molecule has 1 unspecified atom stereocenters. The quantitative estimate of drug-likeness (QED) is 0.576. The number of nitrogens with two attached hydrogens (primary N) is 1. The van der Waals surface area contributed by atoms with E-state index in [1.807, 2.05) is 29.1 Å². The summed E-state index contributed by atoms with van der Waals surface area (Å²) in [5, 5.41) is 4.48. The lowest BCUT2D eigenvalue weighted by molar-refractivity contribution is 0.310. The lowest BCUT2D eigenvalue weighted by Gasteiger charge is -2.27. The van der Waals surface area contributed by atoms with Crippen LogP contribution in [0.1, 0.15) is 51.3 Å². The van der Waals surface area contributed by atoms with E-state index in [2.05, 4.69) is 42.6 Å². The first-order valence-corrected chi connectivity index (χ1v) is 7.87. The maximum absolute atomic E-state index is 5.88. The minimum absolute atomic E-state index is 0.132. The lowest BCUT2D eigenvalue weighted by Crippen LogP contribution is -2.35. The van der Waals surface area contributed by atoms with Gasteiger partial charge in [-0.2, -0.15) is 5.10 Å². The monoisotopic (exact) mass is 286 g/mol. The van der Waals surface area contributed by atoms with Crippen molar-refractivity contribution in [1.82, 2.24) is 15.2 Å². The standard InChI is InChI=1S/C17H26N4/c1-3-8-14(9-4-2)17(20-18)16-12-13-19-21(16)15-10-6-5-7-11-15/h5-7,10-14,17,20H,3-4,8-9,18H2,1-2H3. The van der Waals surface area contributed by atoms with E-state index >= 15 is 0 Å². The van der Waals surface area contributed by atoms with Gasteiger partial charge in [0.25, 0.3) is 0 Å². The van der Waals surface area contributed by atoms with E-state index in [0.717, 1.165) is 11.4 Å². The topological polar surface area (TPSA) is 55.9 Å². The second kappa shape index (κ2) is 7.96. The largest absolute Gasteiger partial charge is 0.271 e. The summed E-state index contributed by atoms with van der Waals surface area (Å²) in [6.07, 6.45) is 6.53. The molecule has 0 aliphatic heterocycles. The fourth-order valence-electron chi connectivity index (χ4n) is 3.02. The van der Waals surface area contributed by atoms with Gasteiger partial charge in [-0.1, -0.05) is 44.9 Å². The number of benzene rings is 1. The third kappa shape index (κ3) is 3.71. The van der Waals surface area contributed by atoms with Gasteiger partial charge in [0.2, 0.25) is 0 Å². The first-order valence-electron chi connectivity index (χ1n) is 7.87. The molecule has 21 heavy (non-hydrogen) atoms. The van der Waals surface area contributed by atoms with Crippen LogP contribution >= 0.6 is 0 Å². The SMILES string of the molecule is CCCC(CCC)C(NN)c1ccnn1-c1ccccc1. The smallest absolute Gasteiger partial charge is 0.0661 e. The molecule has 1 heterocycles. The predicted octanol–water partition coefficient (Wildman–Crippen LogP) is 3.59. The van der Waals surface area contributed by atoms with Crippen LogP contribution in [0.5, 0.6) is 0 Å². The van der Waals surface area contributed by atoms with Gasteiger partial charge in [0.15, 0.2) is 0 Å². The zero-order chi connectivity index (χ0) is 15.1. The number of hydrogen-bond donors (Lipinski definition) is 2. The molecule has 0 aliphatic carbocycles. The van der Waals surface area contributed by atoms with Crippen molar-refractivity contribution >= 4 is 0 Å². The van der Waals surface area contributed by atoms with Crippen molar-refractivity contribution in [3.8, 4) is 5.69 Å². The molecule has 0 spiro atoms. The molecule has 1 atom stereocenters. The molecule has 1 aromatic heterocycles. The van der Waals surface area contributed by atoms with Gasteiger partial charge in [-0.3, -0.25) is 11.3 Å². The van der Waals surface area contributed by atoms with E-state index in [-0.39, 0.29) is 6.04 Å². The average molecular weight is 286 g/mol. The van der Waals surface area contributed by atoms with Gasteiger partial charge < -0.3 is 0 Å². The zero-order valence-corrected chi connectivity index (χ0v) is 13.0. The molecule has 2 aromatic rings. The first-order chi connectivity index (χ1) is 10.3. The number of nitrogens with zero attached hydrogens (tertiary/aromatic N) is 2. The van der Waals surface area contributed by atoms with E-state index in [0.29, 0.717) is 5.92 Å². The van der Waals surface area contributed by atoms with E-state index in [9.17, 15) is 0 Å². The Morgan fingerprint density at radius 3 is 2.33 bits per heavy atom. The fourth-order valence-corrected chi connectivity index (χ4v) is 3.02. The molecule has 4 nitrogen and oxygen atoms in total. The minimum atomic E-state index is 0.132. The number of aromatic nitrogens is 2. The average Bonchev–Trinajstić information content (AvgIpc) is 2.99. The molecule has 0 radical (unpaired) electrons. The van der Waals surface area contributed by atoms with Crippen molar-refractivity contribution < 1.29 is 0 Å². The van der Waals surface area contributed by atoms with Crippen LogP contribution in [0.4, 0.5) is 0 Å². The highest BCUT2D eigenvalue weighted by molar-refractivity contribution is 5.33. The molecule has 114 valence electrons. The Labute approximate surface area is 127 Å². The van der Waals surface area contributed by atoms with Crippen LogP contribution in [-0.4, -0.2) is 9.78 Å². The Morgan fingerprint density at radius 2 is 1.76 bits per heavy atom. The first kappa shape index (κ1) is 15.7. The van der Waals surface area contributed by atoms with Crippen LogP contribution in [-0.2, 0) is 0 Å². The van der Waals surface area contributed by atoms with Crippen molar-refractivity contribution in [3.63, 3.8) is 0 Å². The van der Waals surface area contributed by atoms with Gasteiger partial charge in [0, 0.05) is 6.20 Å². The van der Waals surface area contributed by atoms with Crippen LogP contribution in [0.3, 0.4) is 0 Å².